The monoisotopic (exact) mass is 419 g/mol. The summed E-state index contributed by atoms with van der Waals surface area (Å²) in [5.74, 6) is 1.56. The molecular weight excluding hydrogens is 394 g/mol. The molecule has 0 fully saturated rings. The number of hydrogen-bond acceptors (Lipinski definition) is 6. The zero-order valence-corrected chi connectivity index (χ0v) is 18.7. The second-order valence-electron chi connectivity index (χ2n) is 9.12. The summed E-state index contributed by atoms with van der Waals surface area (Å²) in [5.41, 5.74) is 5.57. The maximum absolute atomic E-state index is 13.3. The Morgan fingerprint density at radius 2 is 1.90 bits per heavy atom. The molecule has 2 aliphatic rings. The summed E-state index contributed by atoms with van der Waals surface area (Å²) in [4.78, 5) is 23.7. The van der Waals surface area contributed by atoms with E-state index in [4.69, 9.17) is 5.10 Å². The number of nitrogens with one attached hydrogen (secondary N) is 1. The molecule has 3 aromatic rings. The summed E-state index contributed by atoms with van der Waals surface area (Å²) < 4.78 is 1.81. The number of rotatable bonds is 2. The average molecular weight is 420 g/mol. The van der Waals surface area contributed by atoms with E-state index in [0.717, 1.165) is 46.2 Å². The molecule has 0 bridgehead atoms. The maximum atomic E-state index is 13.3. The van der Waals surface area contributed by atoms with Gasteiger partial charge in [0.05, 0.1) is 11.6 Å². The van der Waals surface area contributed by atoms with E-state index in [2.05, 4.69) is 40.6 Å². The van der Waals surface area contributed by atoms with Gasteiger partial charge in [0.25, 0.3) is 5.95 Å². The van der Waals surface area contributed by atoms with Crippen molar-refractivity contribution in [1.82, 2.24) is 19.7 Å². The van der Waals surface area contributed by atoms with Crippen LogP contribution in [0.5, 0.6) is 0 Å². The van der Waals surface area contributed by atoms with Gasteiger partial charge in [0.2, 0.25) is 0 Å². The molecule has 5 rings (SSSR count). The Morgan fingerprint density at radius 3 is 2.57 bits per heavy atom. The van der Waals surface area contributed by atoms with Crippen LogP contribution >= 0.6 is 11.3 Å². The molecule has 1 aliphatic heterocycles. The first-order valence-electron chi connectivity index (χ1n) is 10.2. The number of aromatic nitrogens is 4. The molecule has 4 heterocycles. The number of nitrogens with zero attached hydrogens (tertiary/aromatic N) is 4. The number of ketones is 1. The number of anilines is 1. The Hall–Kier alpha value is -2.80. The fourth-order valence-electron chi connectivity index (χ4n) is 4.76. The third kappa shape index (κ3) is 2.99. The van der Waals surface area contributed by atoms with Crippen molar-refractivity contribution >= 4 is 22.9 Å². The van der Waals surface area contributed by atoms with Gasteiger partial charge in [-0.15, -0.1) is 11.3 Å². The van der Waals surface area contributed by atoms with Gasteiger partial charge in [-0.05, 0) is 50.1 Å². The lowest BCUT2D eigenvalue weighted by atomic mass is 9.70. The van der Waals surface area contributed by atoms with Crippen molar-refractivity contribution in [1.29, 1.82) is 0 Å². The van der Waals surface area contributed by atoms with Gasteiger partial charge < -0.3 is 5.32 Å². The van der Waals surface area contributed by atoms with Gasteiger partial charge in [-0.3, -0.25) is 4.79 Å². The Labute approximate surface area is 180 Å². The Kier molecular flexibility index (Phi) is 4.22. The van der Waals surface area contributed by atoms with Gasteiger partial charge in [-0.1, -0.05) is 19.9 Å². The van der Waals surface area contributed by atoms with Crippen molar-refractivity contribution in [2.45, 2.75) is 53.4 Å². The van der Waals surface area contributed by atoms with Crippen LogP contribution in [0.25, 0.3) is 5.95 Å². The molecule has 30 heavy (non-hydrogen) atoms. The minimum absolute atomic E-state index is 0.0727. The molecule has 0 saturated heterocycles. The summed E-state index contributed by atoms with van der Waals surface area (Å²) in [6.45, 7) is 10.2. The fraction of sp³-hybridized carbons (Fsp3) is 0.391. The van der Waals surface area contributed by atoms with Crippen LogP contribution < -0.4 is 5.32 Å². The molecule has 6 nitrogen and oxygen atoms in total. The number of allylic oxidation sites excluding steroid dienone is 2. The maximum Gasteiger partial charge on any atom is 0.252 e. The molecule has 1 aliphatic carbocycles. The molecule has 0 spiro atoms. The number of hydrogen-bond donors (Lipinski definition) is 1. The third-order valence-electron chi connectivity index (χ3n) is 5.86. The third-order valence-corrected chi connectivity index (χ3v) is 6.80. The molecule has 1 N–H and O–H groups in total. The number of carbonyl (C=O) groups is 1. The molecule has 0 aromatic carbocycles. The van der Waals surface area contributed by atoms with E-state index >= 15 is 0 Å². The zero-order valence-electron chi connectivity index (χ0n) is 17.9. The number of fused-ring (bicyclic) bond motifs is 1. The first kappa shape index (κ1) is 19.2. The van der Waals surface area contributed by atoms with Crippen LogP contribution in [0.15, 0.2) is 34.8 Å². The van der Waals surface area contributed by atoms with Crippen molar-refractivity contribution in [3.8, 4) is 5.95 Å². The first-order valence-corrected chi connectivity index (χ1v) is 11.1. The van der Waals surface area contributed by atoms with Crippen molar-refractivity contribution < 1.29 is 4.79 Å². The van der Waals surface area contributed by atoms with Crippen LogP contribution in [0.4, 0.5) is 5.82 Å². The highest BCUT2D eigenvalue weighted by atomic mass is 32.1. The number of thiophene rings is 1. The molecule has 154 valence electrons. The quantitative estimate of drug-likeness (QED) is 0.643. The second kappa shape index (κ2) is 6.60. The van der Waals surface area contributed by atoms with Gasteiger partial charge in [-0.25, -0.2) is 9.97 Å². The van der Waals surface area contributed by atoms with Crippen molar-refractivity contribution in [2.75, 3.05) is 5.32 Å². The van der Waals surface area contributed by atoms with E-state index in [0.29, 0.717) is 12.4 Å². The van der Waals surface area contributed by atoms with Crippen molar-refractivity contribution in [3.05, 3.63) is 62.4 Å². The normalized spacial score (nSPS) is 20.0. The van der Waals surface area contributed by atoms with Gasteiger partial charge in [0, 0.05) is 39.5 Å². The van der Waals surface area contributed by atoms with Gasteiger partial charge in [0.15, 0.2) is 5.78 Å². The Bertz CT molecular complexity index is 1180. The van der Waals surface area contributed by atoms with Crippen LogP contribution in [0.3, 0.4) is 0 Å². The molecule has 1 atom stereocenters. The molecule has 0 amide bonds. The Balaban J connectivity index is 1.75. The molecule has 0 saturated carbocycles. The number of aryl methyl sites for hydroxylation is 3. The van der Waals surface area contributed by atoms with Gasteiger partial charge in [0.1, 0.15) is 5.82 Å². The van der Waals surface area contributed by atoms with Crippen molar-refractivity contribution in [3.63, 3.8) is 0 Å². The lowest BCUT2D eigenvalue weighted by Gasteiger charge is -2.38. The summed E-state index contributed by atoms with van der Waals surface area (Å²) in [6, 6.07) is 6.12. The van der Waals surface area contributed by atoms with Crippen LogP contribution in [0.2, 0.25) is 0 Å². The molecule has 0 unspecified atom stereocenters. The van der Waals surface area contributed by atoms with Crippen LogP contribution in [-0.4, -0.2) is 25.5 Å². The SMILES string of the molecule is Cc1cc(C)nc(-n2nc(C)c3c2NC2=C(C(=O)CC(C)(C)C2)[C@H]3c2cccs2)n1. The van der Waals surface area contributed by atoms with E-state index in [1.54, 1.807) is 16.0 Å². The van der Waals surface area contributed by atoms with E-state index in [1.807, 2.05) is 32.9 Å². The molecule has 7 heteroatoms. The topological polar surface area (TPSA) is 72.7 Å². The second-order valence-corrected chi connectivity index (χ2v) is 10.1. The number of Topliss-reactive ketones (excluding diaryl/α,β-unsaturated/α-hetero) is 1. The van der Waals surface area contributed by atoms with E-state index in [-0.39, 0.29) is 17.1 Å². The Morgan fingerprint density at radius 1 is 1.17 bits per heavy atom. The van der Waals surface area contributed by atoms with Gasteiger partial charge >= 0.3 is 0 Å². The first-order chi connectivity index (χ1) is 14.2. The standard InChI is InChI=1S/C23H25N5OS/c1-12-9-13(2)25-22(24-12)28-21-18(14(3)27-28)20(17-7-6-8-30-17)19-15(26-21)10-23(4,5)11-16(19)29/h6-9,20,26H,10-11H2,1-5H3/t20-/m0/s1. The predicted molar refractivity (Wildman–Crippen MR) is 118 cm³/mol. The van der Waals surface area contributed by atoms with Crippen molar-refractivity contribution in [2.24, 2.45) is 5.41 Å². The molecule has 0 radical (unpaired) electrons. The van der Waals surface area contributed by atoms with Gasteiger partial charge in [-0.2, -0.15) is 9.78 Å². The minimum Gasteiger partial charge on any atom is -0.343 e. The van der Waals surface area contributed by atoms with Crippen LogP contribution in [0.1, 0.15) is 60.1 Å². The summed E-state index contributed by atoms with van der Waals surface area (Å²) in [6.07, 6.45) is 1.39. The lowest BCUT2D eigenvalue weighted by molar-refractivity contribution is -0.118. The van der Waals surface area contributed by atoms with Crippen LogP contribution in [-0.2, 0) is 4.79 Å². The highest BCUT2D eigenvalue weighted by Gasteiger charge is 2.43. The molecule has 3 aromatic heterocycles. The summed E-state index contributed by atoms with van der Waals surface area (Å²) >= 11 is 1.69. The lowest BCUT2D eigenvalue weighted by Crippen LogP contribution is -2.34. The largest absolute Gasteiger partial charge is 0.343 e. The molecular formula is C23H25N5OS. The highest BCUT2D eigenvalue weighted by molar-refractivity contribution is 7.10. The average Bonchev–Trinajstić information content (AvgIpc) is 3.27. The fourth-order valence-corrected chi connectivity index (χ4v) is 5.60. The number of carbonyl (C=O) groups excluding carboxylic acids is 1. The summed E-state index contributed by atoms with van der Waals surface area (Å²) in [7, 11) is 0. The summed E-state index contributed by atoms with van der Waals surface area (Å²) in [5, 5.41) is 10.5. The van der Waals surface area contributed by atoms with E-state index < -0.39 is 0 Å². The zero-order chi connectivity index (χ0) is 21.2. The minimum atomic E-state index is -0.0977. The predicted octanol–water partition coefficient (Wildman–Crippen LogP) is 4.85. The van der Waals surface area contributed by atoms with E-state index in [1.165, 1.54) is 4.88 Å². The van der Waals surface area contributed by atoms with E-state index in [9.17, 15) is 4.79 Å². The highest BCUT2D eigenvalue weighted by Crippen LogP contribution is 2.50. The smallest absolute Gasteiger partial charge is 0.252 e. The van der Waals surface area contributed by atoms with Crippen LogP contribution in [0, 0.1) is 26.2 Å².